The van der Waals surface area contributed by atoms with Crippen molar-refractivity contribution in [2.45, 2.75) is 51.4 Å². The summed E-state index contributed by atoms with van der Waals surface area (Å²) in [6, 6.07) is 4.52. The van der Waals surface area contributed by atoms with Gasteiger partial charge in [0.15, 0.2) is 11.9 Å². The number of nitrogens with zero attached hydrogens (tertiary/aromatic N) is 1. The zero-order chi connectivity index (χ0) is 19.2. The molecular formula is C19H22N2O5. The molecule has 1 aliphatic rings. The van der Waals surface area contributed by atoms with E-state index in [-0.39, 0.29) is 12.5 Å². The van der Waals surface area contributed by atoms with Crippen molar-refractivity contribution in [2.24, 2.45) is 5.73 Å². The number of primary amides is 1. The van der Waals surface area contributed by atoms with Crippen molar-refractivity contribution in [1.29, 1.82) is 0 Å². The van der Waals surface area contributed by atoms with Crippen molar-refractivity contribution in [1.82, 2.24) is 0 Å². The lowest BCUT2D eigenvalue weighted by Crippen LogP contribution is -2.52. The Morgan fingerprint density at radius 2 is 2.15 bits per heavy atom. The Bertz CT molecular complexity index is 901. The molecular weight excluding hydrogens is 336 g/mol. The number of rotatable bonds is 5. The van der Waals surface area contributed by atoms with E-state index in [1.807, 2.05) is 18.2 Å². The minimum Gasteiger partial charge on any atom is -0.543 e. The lowest BCUT2D eigenvalue weighted by Gasteiger charge is -2.24. The molecule has 1 aromatic heterocycles. The number of hydrogen-bond donors (Lipinski definition) is 2. The summed E-state index contributed by atoms with van der Waals surface area (Å²) in [5.41, 5.74) is 5.78. The number of hydrogen-bond acceptors (Lipinski definition) is 5. The highest BCUT2D eigenvalue weighted by atomic mass is 16.5. The Labute approximate surface area is 151 Å². The van der Waals surface area contributed by atoms with Gasteiger partial charge in [0, 0.05) is 19.4 Å². The lowest BCUT2D eigenvalue weighted by atomic mass is 9.96. The molecule has 138 valence electrons. The fourth-order valence-electron chi connectivity index (χ4n) is 3.36. The van der Waals surface area contributed by atoms with Crippen LogP contribution < -0.4 is 20.1 Å². The number of carboxylic acid groups (broad SMARTS) is 1. The molecule has 0 saturated heterocycles. The third-order valence-electron chi connectivity index (χ3n) is 4.81. The zero-order valence-electron chi connectivity index (χ0n) is 15.0. The minimum absolute atomic E-state index is 0.360. The van der Waals surface area contributed by atoms with Gasteiger partial charge in [0.1, 0.15) is 17.8 Å². The molecule has 2 atom stereocenters. The second-order valence-corrected chi connectivity index (χ2v) is 7.35. The van der Waals surface area contributed by atoms with E-state index in [1.165, 1.54) is 4.57 Å². The third kappa shape index (κ3) is 3.22. The maximum atomic E-state index is 11.5. The molecule has 0 spiro atoms. The van der Waals surface area contributed by atoms with E-state index < -0.39 is 23.5 Å². The van der Waals surface area contributed by atoms with Crippen LogP contribution in [0.15, 0.2) is 24.4 Å². The van der Waals surface area contributed by atoms with Crippen molar-refractivity contribution in [3.8, 4) is 5.75 Å². The van der Waals surface area contributed by atoms with Crippen LogP contribution >= 0.6 is 0 Å². The number of ether oxygens (including phenoxy) is 1. The molecule has 0 saturated carbocycles. The number of benzene rings is 1. The molecule has 1 amide bonds. The zero-order valence-corrected chi connectivity index (χ0v) is 15.0. The first-order chi connectivity index (χ1) is 12.1. The number of aliphatic carboxylic acids is 1. The summed E-state index contributed by atoms with van der Waals surface area (Å²) in [7, 11) is 0. The number of aliphatic hydroxyl groups is 1. The summed E-state index contributed by atoms with van der Waals surface area (Å²) in [4.78, 5) is 22.8. The maximum Gasteiger partial charge on any atom is 0.224 e. The summed E-state index contributed by atoms with van der Waals surface area (Å²) < 4.78 is 7.46. The Morgan fingerprint density at radius 1 is 1.46 bits per heavy atom. The van der Waals surface area contributed by atoms with Crippen LogP contribution in [0.3, 0.4) is 0 Å². The molecule has 2 heterocycles. The third-order valence-corrected chi connectivity index (χ3v) is 4.81. The number of carbonyl (C=O) groups excluding carboxylic acids is 2. The summed E-state index contributed by atoms with van der Waals surface area (Å²) >= 11 is 0. The van der Waals surface area contributed by atoms with Gasteiger partial charge in [-0.1, -0.05) is 12.1 Å². The number of fused-ring (bicyclic) bond motifs is 3. The Morgan fingerprint density at radius 3 is 2.73 bits per heavy atom. The van der Waals surface area contributed by atoms with Crippen LogP contribution in [0, 0.1) is 6.92 Å². The first-order valence-electron chi connectivity index (χ1n) is 8.43. The van der Waals surface area contributed by atoms with Crippen LogP contribution in [0.1, 0.15) is 37.6 Å². The van der Waals surface area contributed by atoms with Gasteiger partial charge in [0.25, 0.3) is 0 Å². The van der Waals surface area contributed by atoms with Crippen LogP contribution in [0.4, 0.5) is 0 Å². The van der Waals surface area contributed by atoms with Crippen LogP contribution in [0.2, 0.25) is 0 Å². The molecule has 1 aliphatic heterocycles. The first-order valence-corrected chi connectivity index (χ1v) is 8.43. The summed E-state index contributed by atoms with van der Waals surface area (Å²) in [6.07, 6.45) is 1.47. The van der Waals surface area contributed by atoms with Crippen molar-refractivity contribution in [3.63, 3.8) is 0 Å². The number of carbonyl (C=O) groups is 2. The highest BCUT2D eigenvalue weighted by molar-refractivity contribution is 5.89. The van der Waals surface area contributed by atoms with Gasteiger partial charge < -0.3 is 25.5 Å². The molecule has 3 rings (SSSR count). The number of carboxylic acids is 1. The Hall–Kier alpha value is -2.67. The Balaban J connectivity index is 2.13. The van der Waals surface area contributed by atoms with Gasteiger partial charge in [-0.15, -0.1) is 0 Å². The van der Waals surface area contributed by atoms with Crippen molar-refractivity contribution >= 4 is 22.6 Å². The van der Waals surface area contributed by atoms with Crippen LogP contribution in [-0.4, -0.2) is 28.7 Å². The quantitative estimate of drug-likeness (QED) is 0.710. The standard InChI is InChI=1S/C19H22N2O5/c1-10-6-11-4-5-12-7-15(19(2,3)25)26-17(12)13(11)9-21(10)14(18(23)24)8-16(20)22/h4-6,9,14-15,25H,7-8H2,1-3H3,(H2-,20,22,23,24). The number of pyridine rings is 1. The van der Waals surface area contributed by atoms with E-state index in [2.05, 4.69) is 0 Å². The molecule has 1 aromatic carbocycles. The highest BCUT2D eigenvalue weighted by Gasteiger charge is 2.36. The monoisotopic (exact) mass is 358 g/mol. The predicted molar refractivity (Wildman–Crippen MR) is 91.2 cm³/mol. The van der Waals surface area contributed by atoms with Crippen LogP contribution in [-0.2, 0) is 16.0 Å². The van der Waals surface area contributed by atoms with Gasteiger partial charge in [-0.25, -0.2) is 0 Å². The maximum absolute atomic E-state index is 11.5. The smallest absolute Gasteiger partial charge is 0.224 e. The summed E-state index contributed by atoms with van der Waals surface area (Å²) in [6.45, 7) is 5.13. The number of aryl methyl sites for hydroxylation is 1. The average molecular weight is 358 g/mol. The van der Waals surface area contributed by atoms with Gasteiger partial charge in [0.05, 0.1) is 17.4 Å². The van der Waals surface area contributed by atoms with Crippen molar-refractivity contribution < 1.29 is 29.1 Å². The van der Waals surface area contributed by atoms with E-state index in [0.29, 0.717) is 17.9 Å². The van der Waals surface area contributed by atoms with Gasteiger partial charge in [-0.2, -0.15) is 4.57 Å². The number of nitrogens with two attached hydrogens (primary N) is 1. The SMILES string of the molecule is Cc1cc2ccc3c(c2c[n+]1C(CC(N)=O)C(=O)[O-])OC(C(C)(C)O)C3. The van der Waals surface area contributed by atoms with Gasteiger partial charge in [-0.05, 0) is 24.8 Å². The Kier molecular flexibility index (Phi) is 4.36. The van der Waals surface area contributed by atoms with Crippen molar-refractivity contribution in [2.75, 3.05) is 0 Å². The second kappa shape index (κ2) is 6.25. The second-order valence-electron chi connectivity index (χ2n) is 7.35. The fourth-order valence-corrected chi connectivity index (χ4v) is 3.36. The predicted octanol–water partition coefficient (Wildman–Crippen LogP) is -0.323. The normalized spacial score (nSPS) is 17.6. The average Bonchev–Trinajstić information content (AvgIpc) is 2.96. The van der Waals surface area contributed by atoms with E-state index in [9.17, 15) is 19.8 Å². The van der Waals surface area contributed by atoms with E-state index in [1.54, 1.807) is 27.0 Å². The topological polar surface area (TPSA) is 117 Å². The highest BCUT2D eigenvalue weighted by Crippen LogP contribution is 2.38. The van der Waals surface area contributed by atoms with Crippen molar-refractivity contribution in [3.05, 3.63) is 35.7 Å². The van der Waals surface area contributed by atoms with E-state index in [4.69, 9.17) is 10.5 Å². The number of amides is 1. The number of aromatic nitrogens is 1. The molecule has 2 aromatic rings. The molecule has 0 bridgehead atoms. The molecule has 0 fully saturated rings. The molecule has 0 radical (unpaired) electrons. The van der Waals surface area contributed by atoms with E-state index >= 15 is 0 Å². The largest absolute Gasteiger partial charge is 0.543 e. The molecule has 3 N–H and O–H groups in total. The van der Waals surface area contributed by atoms with Crippen LogP contribution in [0.25, 0.3) is 10.8 Å². The molecule has 2 unspecified atom stereocenters. The summed E-state index contributed by atoms with van der Waals surface area (Å²) in [5, 5.41) is 23.4. The van der Waals surface area contributed by atoms with E-state index in [0.717, 1.165) is 16.3 Å². The molecule has 26 heavy (non-hydrogen) atoms. The first kappa shape index (κ1) is 18.1. The molecule has 7 nitrogen and oxygen atoms in total. The van der Waals surface area contributed by atoms with Crippen LogP contribution in [0.5, 0.6) is 5.75 Å². The minimum atomic E-state index is -1.38. The fraction of sp³-hybridized carbons (Fsp3) is 0.421. The van der Waals surface area contributed by atoms with Gasteiger partial charge in [0.2, 0.25) is 11.9 Å². The molecule has 7 heteroatoms. The molecule has 0 aliphatic carbocycles. The lowest BCUT2D eigenvalue weighted by molar-refractivity contribution is -0.719. The van der Waals surface area contributed by atoms with Gasteiger partial charge in [-0.3, -0.25) is 4.79 Å². The van der Waals surface area contributed by atoms with Gasteiger partial charge >= 0.3 is 0 Å². The summed E-state index contributed by atoms with van der Waals surface area (Å²) in [5.74, 6) is -1.47.